The van der Waals surface area contributed by atoms with E-state index in [1.165, 1.54) is 12.3 Å². The van der Waals surface area contributed by atoms with Crippen molar-refractivity contribution in [2.24, 2.45) is 0 Å². The Morgan fingerprint density at radius 2 is 1.71 bits per heavy atom. The lowest BCUT2D eigenvalue weighted by molar-refractivity contribution is 0.0957. The number of amides is 1. The van der Waals surface area contributed by atoms with Gasteiger partial charge in [0.1, 0.15) is 17.2 Å². The van der Waals surface area contributed by atoms with Gasteiger partial charge in [0.2, 0.25) is 0 Å². The van der Waals surface area contributed by atoms with Gasteiger partial charge in [0, 0.05) is 29.3 Å². The van der Waals surface area contributed by atoms with Crippen molar-refractivity contribution in [3.8, 4) is 11.5 Å². The van der Waals surface area contributed by atoms with Gasteiger partial charge in [-0.3, -0.25) is 14.6 Å². The van der Waals surface area contributed by atoms with Crippen molar-refractivity contribution in [2.75, 3.05) is 7.05 Å². The van der Waals surface area contributed by atoms with Crippen molar-refractivity contribution < 1.29 is 14.3 Å². The first-order chi connectivity index (χ1) is 13.5. The number of allylic oxidation sites excluding steroid dienone is 1. The number of rotatable bonds is 6. The largest absolute Gasteiger partial charge is 0.457 e. The predicted molar refractivity (Wildman–Crippen MR) is 112 cm³/mol. The molecule has 0 saturated heterocycles. The van der Waals surface area contributed by atoms with Crippen molar-refractivity contribution in [1.29, 1.82) is 0 Å². The molecule has 0 aliphatic rings. The van der Waals surface area contributed by atoms with E-state index in [1.807, 2.05) is 24.3 Å². The lowest BCUT2D eigenvalue weighted by atomic mass is 10.1. The van der Waals surface area contributed by atoms with Crippen LogP contribution in [0.4, 0.5) is 0 Å². The molecule has 0 bridgehead atoms. The maximum absolute atomic E-state index is 12.3. The molecule has 6 heteroatoms. The smallest absolute Gasteiger partial charge is 0.269 e. The van der Waals surface area contributed by atoms with Crippen LogP contribution in [0.3, 0.4) is 0 Å². The van der Waals surface area contributed by atoms with Gasteiger partial charge in [0.05, 0.1) is 0 Å². The molecule has 28 heavy (non-hydrogen) atoms. The Bertz CT molecular complexity index is 1010. The summed E-state index contributed by atoms with van der Waals surface area (Å²) in [6.45, 7) is 0. The summed E-state index contributed by atoms with van der Waals surface area (Å²) in [5, 5.41) is 2.52. The Morgan fingerprint density at radius 1 is 1.00 bits per heavy atom. The van der Waals surface area contributed by atoms with E-state index in [-0.39, 0.29) is 17.4 Å². The SMILES string of the molecule is CNC(=O)c1cc(Oc2ccc(C(=O)/C=C/c3ccc(Br)cc3)cc2)ccn1. The highest BCUT2D eigenvalue weighted by Gasteiger charge is 2.07. The summed E-state index contributed by atoms with van der Waals surface area (Å²) in [5.74, 6) is 0.662. The molecule has 1 amide bonds. The minimum atomic E-state index is -0.288. The average molecular weight is 437 g/mol. The molecule has 0 aliphatic heterocycles. The maximum Gasteiger partial charge on any atom is 0.269 e. The van der Waals surface area contributed by atoms with Crippen molar-refractivity contribution in [1.82, 2.24) is 10.3 Å². The van der Waals surface area contributed by atoms with Gasteiger partial charge in [-0.2, -0.15) is 0 Å². The van der Waals surface area contributed by atoms with E-state index in [9.17, 15) is 9.59 Å². The van der Waals surface area contributed by atoms with Gasteiger partial charge in [0.25, 0.3) is 5.91 Å². The summed E-state index contributed by atoms with van der Waals surface area (Å²) in [6.07, 6.45) is 4.82. The number of aromatic nitrogens is 1. The van der Waals surface area contributed by atoms with E-state index in [0.717, 1.165) is 10.0 Å². The second-order valence-corrected chi connectivity index (χ2v) is 6.75. The molecule has 0 saturated carbocycles. The first-order valence-electron chi connectivity index (χ1n) is 8.49. The Hall–Kier alpha value is -3.25. The van der Waals surface area contributed by atoms with Crippen LogP contribution >= 0.6 is 15.9 Å². The molecule has 5 nitrogen and oxygen atoms in total. The first kappa shape index (κ1) is 19.5. The molecule has 1 aromatic heterocycles. The Balaban J connectivity index is 1.67. The second-order valence-electron chi connectivity index (χ2n) is 5.83. The van der Waals surface area contributed by atoms with Gasteiger partial charge >= 0.3 is 0 Å². The fraction of sp³-hybridized carbons (Fsp3) is 0.0455. The van der Waals surface area contributed by atoms with Gasteiger partial charge in [-0.15, -0.1) is 0 Å². The normalized spacial score (nSPS) is 10.6. The van der Waals surface area contributed by atoms with E-state index in [2.05, 4.69) is 26.2 Å². The first-order valence-corrected chi connectivity index (χ1v) is 9.28. The summed E-state index contributed by atoms with van der Waals surface area (Å²) in [4.78, 5) is 28.0. The number of hydrogen-bond acceptors (Lipinski definition) is 4. The van der Waals surface area contributed by atoms with Crippen LogP contribution in [-0.4, -0.2) is 23.7 Å². The third-order valence-corrected chi connectivity index (χ3v) is 4.39. The molecular weight excluding hydrogens is 420 g/mol. The second kappa shape index (κ2) is 9.10. The molecule has 0 spiro atoms. The van der Waals surface area contributed by atoms with Gasteiger partial charge < -0.3 is 10.1 Å². The van der Waals surface area contributed by atoms with Gasteiger partial charge in [-0.25, -0.2) is 0 Å². The van der Waals surface area contributed by atoms with Gasteiger partial charge in [0.15, 0.2) is 5.78 Å². The van der Waals surface area contributed by atoms with Gasteiger partial charge in [-0.05, 0) is 54.1 Å². The van der Waals surface area contributed by atoms with Crippen LogP contribution < -0.4 is 10.1 Å². The average Bonchev–Trinajstić information content (AvgIpc) is 2.73. The highest BCUT2D eigenvalue weighted by molar-refractivity contribution is 9.10. The zero-order chi connectivity index (χ0) is 19.9. The summed E-state index contributed by atoms with van der Waals surface area (Å²) in [6, 6.07) is 17.7. The third-order valence-electron chi connectivity index (χ3n) is 3.86. The monoisotopic (exact) mass is 436 g/mol. The molecule has 0 fully saturated rings. The summed E-state index contributed by atoms with van der Waals surface area (Å²) < 4.78 is 6.72. The molecule has 0 unspecified atom stereocenters. The Kier molecular flexibility index (Phi) is 6.34. The molecule has 1 N–H and O–H groups in total. The summed E-state index contributed by atoms with van der Waals surface area (Å²) in [5.41, 5.74) is 1.77. The molecule has 0 radical (unpaired) electrons. The van der Waals surface area contributed by atoms with E-state index in [0.29, 0.717) is 17.1 Å². The predicted octanol–water partition coefficient (Wildman–Crippen LogP) is 4.89. The standard InChI is InChI=1S/C22H17BrN2O3/c1-24-22(27)20-14-19(12-13-25-20)28-18-9-5-16(6-10-18)21(26)11-4-15-2-7-17(23)8-3-15/h2-14H,1H3,(H,24,27)/b11-4+. The molecule has 2 aromatic carbocycles. The van der Waals surface area contributed by atoms with Crippen LogP contribution in [-0.2, 0) is 0 Å². The zero-order valence-corrected chi connectivity index (χ0v) is 16.6. The van der Waals surface area contributed by atoms with Crippen molar-refractivity contribution in [3.05, 3.63) is 94.2 Å². The van der Waals surface area contributed by atoms with Crippen LogP contribution in [0, 0.1) is 0 Å². The number of hydrogen-bond donors (Lipinski definition) is 1. The highest BCUT2D eigenvalue weighted by Crippen LogP contribution is 2.22. The molecule has 1 heterocycles. The molecular formula is C22H17BrN2O3. The topological polar surface area (TPSA) is 68.3 Å². The number of carbonyl (C=O) groups excluding carboxylic acids is 2. The maximum atomic E-state index is 12.3. The number of halogens is 1. The highest BCUT2D eigenvalue weighted by atomic mass is 79.9. The zero-order valence-electron chi connectivity index (χ0n) is 15.1. The van der Waals surface area contributed by atoms with E-state index in [4.69, 9.17) is 4.74 Å². The quantitative estimate of drug-likeness (QED) is 0.441. The number of carbonyl (C=O) groups is 2. The number of ether oxygens (including phenoxy) is 1. The van der Waals surface area contributed by atoms with Crippen LogP contribution in [0.15, 0.2) is 77.4 Å². The number of benzene rings is 2. The van der Waals surface area contributed by atoms with Crippen molar-refractivity contribution in [3.63, 3.8) is 0 Å². The van der Waals surface area contributed by atoms with Gasteiger partial charge in [-0.1, -0.05) is 34.1 Å². The van der Waals surface area contributed by atoms with E-state index < -0.39 is 0 Å². The minimum absolute atomic E-state index is 0.0970. The fourth-order valence-corrected chi connectivity index (χ4v) is 2.66. The summed E-state index contributed by atoms with van der Waals surface area (Å²) in [7, 11) is 1.54. The van der Waals surface area contributed by atoms with E-state index in [1.54, 1.807) is 49.5 Å². The minimum Gasteiger partial charge on any atom is -0.457 e. The number of pyridine rings is 1. The van der Waals surface area contributed by atoms with Crippen molar-refractivity contribution >= 4 is 33.7 Å². The fourth-order valence-electron chi connectivity index (χ4n) is 2.39. The lowest BCUT2D eigenvalue weighted by Crippen LogP contribution is -2.18. The number of nitrogens with zero attached hydrogens (tertiary/aromatic N) is 1. The Morgan fingerprint density at radius 3 is 2.39 bits per heavy atom. The Labute approximate surface area is 171 Å². The molecule has 0 aliphatic carbocycles. The summed E-state index contributed by atoms with van der Waals surface area (Å²) >= 11 is 3.38. The van der Waals surface area contributed by atoms with Crippen LogP contribution in [0.2, 0.25) is 0 Å². The molecule has 3 rings (SSSR count). The van der Waals surface area contributed by atoms with Crippen molar-refractivity contribution in [2.45, 2.75) is 0 Å². The number of nitrogens with one attached hydrogen (secondary N) is 1. The van der Waals surface area contributed by atoms with Crippen LogP contribution in [0.1, 0.15) is 26.4 Å². The lowest BCUT2D eigenvalue weighted by Gasteiger charge is -2.07. The number of ketones is 1. The molecule has 0 atom stereocenters. The molecule has 3 aromatic rings. The molecule has 140 valence electrons. The third kappa shape index (κ3) is 5.14. The van der Waals surface area contributed by atoms with Crippen LogP contribution in [0.5, 0.6) is 11.5 Å². The van der Waals surface area contributed by atoms with Crippen LogP contribution in [0.25, 0.3) is 6.08 Å². The van der Waals surface area contributed by atoms with E-state index >= 15 is 0 Å².